The van der Waals surface area contributed by atoms with Crippen LogP contribution >= 0.6 is 0 Å². The molecule has 0 aliphatic carbocycles. The second-order valence-electron chi connectivity index (χ2n) is 5.77. The third kappa shape index (κ3) is 2.96. The van der Waals surface area contributed by atoms with Gasteiger partial charge in [-0.25, -0.2) is 0 Å². The molecule has 1 aromatic carbocycles. The average Bonchev–Trinajstić information content (AvgIpc) is 2.75. The van der Waals surface area contributed by atoms with Crippen molar-refractivity contribution in [2.45, 2.75) is 33.4 Å². The average molecular weight is 261 g/mol. The highest BCUT2D eigenvalue weighted by atomic mass is 16.4. The van der Waals surface area contributed by atoms with Gasteiger partial charge in [-0.2, -0.15) is 0 Å². The van der Waals surface area contributed by atoms with Crippen LogP contribution in [0, 0.1) is 5.41 Å². The maximum absolute atomic E-state index is 11.3. The van der Waals surface area contributed by atoms with Crippen molar-refractivity contribution in [2.24, 2.45) is 5.41 Å². The molecule has 1 heterocycles. The molecule has 0 aliphatic rings. The van der Waals surface area contributed by atoms with Crippen LogP contribution in [0.5, 0.6) is 0 Å². The molecule has 2 aromatic rings. The number of carboxylic acids is 1. The zero-order valence-electron chi connectivity index (χ0n) is 11.4. The topological polar surface area (TPSA) is 62.5 Å². The van der Waals surface area contributed by atoms with E-state index in [9.17, 15) is 9.90 Å². The van der Waals surface area contributed by atoms with Crippen molar-refractivity contribution in [1.82, 2.24) is 5.32 Å². The predicted octanol–water partition coefficient (Wildman–Crippen LogP) is 3.02. The smallest absolute Gasteiger partial charge is 0.321 e. The fraction of sp³-hybridized carbons (Fsp3) is 0.400. The van der Waals surface area contributed by atoms with Gasteiger partial charge in [0.15, 0.2) is 0 Å². The van der Waals surface area contributed by atoms with E-state index in [2.05, 4.69) is 5.32 Å². The Morgan fingerprint density at radius 2 is 2.11 bits per heavy atom. The summed E-state index contributed by atoms with van der Waals surface area (Å²) < 4.78 is 5.44. The molecule has 0 spiro atoms. The normalized spacial score (nSPS) is 13.6. The first-order chi connectivity index (χ1) is 8.89. The van der Waals surface area contributed by atoms with Crippen LogP contribution in [0.25, 0.3) is 11.0 Å². The molecule has 2 rings (SSSR count). The number of carboxylic acid groups (broad SMARTS) is 1. The van der Waals surface area contributed by atoms with E-state index in [1.807, 2.05) is 45.0 Å². The van der Waals surface area contributed by atoms with E-state index in [1.54, 1.807) is 6.26 Å². The SMILES string of the molecule is CC(C)(C)[C@@H](NCc1cccc2ccoc12)C(=O)O. The lowest BCUT2D eigenvalue weighted by Gasteiger charge is -2.28. The van der Waals surface area contributed by atoms with Gasteiger partial charge in [-0.15, -0.1) is 0 Å². The van der Waals surface area contributed by atoms with E-state index >= 15 is 0 Å². The number of rotatable bonds is 4. The third-order valence-corrected chi connectivity index (χ3v) is 3.17. The Hall–Kier alpha value is -1.81. The van der Waals surface area contributed by atoms with Crippen molar-refractivity contribution in [2.75, 3.05) is 0 Å². The molecule has 0 saturated heterocycles. The summed E-state index contributed by atoms with van der Waals surface area (Å²) in [5.74, 6) is -0.834. The molecule has 4 nitrogen and oxygen atoms in total. The van der Waals surface area contributed by atoms with Gasteiger partial charge >= 0.3 is 5.97 Å². The van der Waals surface area contributed by atoms with Gasteiger partial charge in [-0.05, 0) is 11.5 Å². The lowest BCUT2D eigenvalue weighted by Crippen LogP contribution is -2.46. The predicted molar refractivity (Wildman–Crippen MR) is 73.9 cm³/mol. The van der Waals surface area contributed by atoms with E-state index in [0.29, 0.717) is 6.54 Å². The summed E-state index contributed by atoms with van der Waals surface area (Å²) in [5.41, 5.74) is 1.44. The zero-order valence-corrected chi connectivity index (χ0v) is 11.4. The summed E-state index contributed by atoms with van der Waals surface area (Å²) >= 11 is 0. The number of hydrogen-bond donors (Lipinski definition) is 2. The van der Waals surface area contributed by atoms with Gasteiger partial charge in [0.1, 0.15) is 11.6 Å². The highest BCUT2D eigenvalue weighted by molar-refractivity contribution is 5.80. The monoisotopic (exact) mass is 261 g/mol. The Balaban J connectivity index is 2.17. The van der Waals surface area contributed by atoms with E-state index in [0.717, 1.165) is 16.5 Å². The van der Waals surface area contributed by atoms with Gasteiger partial charge in [-0.1, -0.05) is 39.0 Å². The van der Waals surface area contributed by atoms with Crippen molar-refractivity contribution in [1.29, 1.82) is 0 Å². The lowest BCUT2D eigenvalue weighted by atomic mass is 9.86. The maximum Gasteiger partial charge on any atom is 0.321 e. The fourth-order valence-electron chi connectivity index (χ4n) is 2.17. The summed E-state index contributed by atoms with van der Waals surface area (Å²) in [6.45, 7) is 6.20. The highest BCUT2D eigenvalue weighted by Crippen LogP contribution is 2.22. The second kappa shape index (κ2) is 5.05. The van der Waals surface area contributed by atoms with Gasteiger partial charge in [0.25, 0.3) is 0 Å². The molecule has 19 heavy (non-hydrogen) atoms. The molecule has 0 fully saturated rings. The van der Waals surface area contributed by atoms with E-state index in [-0.39, 0.29) is 5.41 Å². The van der Waals surface area contributed by atoms with Gasteiger partial charge in [0.2, 0.25) is 0 Å². The Labute approximate surface area is 112 Å². The molecule has 102 valence electrons. The van der Waals surface area contributed by atoms with Crippen molar-refractivity contribution in [3.8, 4) is 0 Å². The zero-order chi connectivity index (χ0) is 14.0. The van der Waals surface area contributed by atoms with Gasteiger partial charge in [-0.3, -0.25) is 10.1 Å². The van der Waals surface area contributed by atoms with Crippen LogP contribution < -0.4 is 5.32 Å². The molecule has 0 radical (unpaired) electrons. The van der Waals surface area contributed by atoms with E-state index in [1.165, 1.54) is 0 Å². The Bertz CT molecular complexity index is 580. The molecule has 0 bridgehead atoms. The van der Waals surface area contributed by atoms with Crippen LogP contribution in [0.4, 0.5) is 0 Å². The van der Waals surface area contributed by atoms with Crippen LogP contribution in [-0.2, 0) is 11.3 Å². The minimum absolute atomic E-state index is 0.344. The molecular formula is C15H19NO3. The molecule has 0 unspecified atom stereocenters. The quantitative estimate of drug-likeness (QED) is 0.888. The number of aliphatic carboxylic acids is 1. The number of furan rings is 1. The van der Waals surface area contributed by atoms with E-state index in [4.69, 9.17) is 4.42 Å². The number of carbonyl (C=O) groups is 1. The van der Waals surface area contributed by atoms with Crippen molar-refractivity contribution in [3.05, 3.63) is 36.1 Å². The number of nitrogens with one attached hydrogen (secondary N) is 1. The van der Waals surface area contributed by atoms with Gasteiger partial charge < -0.3 is 9.52 Å². The number of benzene rings is 1. The minimum Gasteiger partial charge on any atom is -0.480 e. The molecule has 0 saturated carbocycles. The third-order valence-electron chi connectivity index (χ3n) is 3.17. The van der Waals surface area contributed by atoms with Gasteiger partial charge in [0, 0.05) is 17.5 Å². The molecule has 1 atom stereocenters. The van der Waals surface area contributed by atoms with Crippen LogP contribution in [0.3, 0.4) is 0 Å². The molecule has 4 heteroatoms. The Morgan fingerprint density at radius 3 is 2.74 bits per heavy atom. The summed E-state index contributed by atoms with van der Waals surface area (Å²) in [6.07, 6.45) is 1.65. The first kappa shape index (κ1) is 13.6. The van der Waals surface area contributed by atoms with Crippen molar-refractivity contribution < 1.29 is 14.3 Å². The minimum atomic E-state index is -0.834. The maximum atomic E-state index is 11.3. The van der Waals surface area contributed by atoms with Crippen molar-refractivity contribution in [3.63, 3.8) is 0 Å². The summed E-state index contributed by atoms with van der Waals surface area (Å²) in [7, 11) is 0. The van der Waals surface area contributed by atoms with Crippen molar-refractivity contribution >= 4 is 16.9 Å². The molecule has 2 N–H and O–H groups in total. The second-order valence-corrected chi connectivity index (χ2v) is 5.77. The molecule has 0 amide bonds. The summed E-state index contributed by atoms with van der Waals surface area (Å²) in [6, 6.07) is 7.16. The number of para-hydroxylation sites is 1. The number of fused-ring (bicyclic) bond motifs is 1. The first-order valence-electron chi connectivity index (χ1n) is 6.31. The Morgan fingerprint density at radius 1 is 1.37 bits per heavy atom. The summed E-state index contributed by atoms with van der Waals surface area (Å²) in [5, 5.41) is 13.4. The first-order valence-corrected chi connectivity index (χ1v) is 6.31. The van der Waals surface area contributed by atoms with Crippen LogP contribution in [-0.4, -0.2) is 17.1 Å². The van der Waals surface area contributed by atoms with Crippen LogP contribution in [0.1, 0.15) is 26.3 Å². The fourth-order valence-corrected chi connectivity index (χ4v) is 2.17. The van der Waals surface area contributed by atoms with E-state index < -0.39 is 12.0 Å². The largest absolute Gasteiger partial charge is 0.480 e. The number of hydrogen-bond acceptors (Lipinski definition) is 3. The van der Waals surface area contributed by atoms with Crippen LogP contribution in [0.15, 0.2) is 34.9 Å². The molecule has 0 aliphatic heterocycles. The standard InChI is InChI=1S/C15H19NO3/c1-15(2,3)13(14(17)18)16-9-11-6-4-5-10-7-8-19-12(10)11/h4-8,13,16H,9H2,1-3H3,(H,17,18)/t13-/m0/s1. The summed E-state index contributed by atoms with van der Waals surface area (Å²) in [4.78, 5) is 11.3. The van der Waals surface area contributed by atoms with Crippen LogP contribution in [0.2, 0.25) is 0 Å². The highest BCUT2D eigenvalue weighted by Gasteiger charge is 2.30. The lowest BCUT2D eigenvalue weighted by molar-refractivity contribution is -0.142. The Kier molecular flexibility index (Phi) is 3.62. The molecular weight excluding hydrogens is 242 g/mol. The van der Waals surface area contributed by atoms with Gasteiger partial charge in [0.05, 0.1) is 6.26 Å². The molecule has 1 aromatic heterocycles.